The summed E-state index contributed by atoms with van der Waals surface area (Å²) < 4.78 is 29.2. The Morgan fingerprint density at radius 1 is 1.17 bits per heavy atom. The van der Waals surface area contributed by atoms with Crippen molar-refractivity contribution in [1.29, 1.82) is 0 Å². The third kappa shape index (κ3) is 3.97. The van der Waals surface area contributed by atoms with Crippen LogP contribution in [0.2, 0.25) is 0 Å². The largest absolute Gasteiger partial charge is 0.334 e. The molecule has 1 saturated heterocycles. The number of piperidine rings is 1. The Balaban J connectivity index is 1.51. The molecule has 1 atom stereocenters. The lowest BCUT2D eigenvalue weighted by atomic mass is 9.98. The van der Waals surface area contributed by atoms with Gasteiger partial charge in [0.1, 0.15) is 0 Å². The Hall–Kier alpha value is -2.71. The molecule has 0 spiro atoms. The molecule has 2 aromatic carbocycles. The van der Waals surface area contributed by atoms with Crippen LogP contribution in [0.5, 0.6) is 0 Å². The molecule has 4 rings (SSSR count). The van der Waals surface area contributed by atoms with Crippen LogP contribution in [0.1, 0.15) is 32.7 Å². The molecule has 0 radical (unpaired) electrons. The van der Waals surface area contributed by atoms with Crippen molar-refractivity contribution >= 4 is 32.4 Å². The van der Waals surface area contributed by atoms with Crippen LogP contribution in [-0.4, -0.2) is 41.3 Å². The second-order valence-corrected chi connectivity index (χ2v) is 9.86. The number of amides is 1. The molecule has 1 fully saturated rings. The second kappa shape index (κ2) is 8.20. The number of fused-ring (bicyclic) bond motifs is 1. The summed E-state index contributed by atoms with van der Waals surface area (Å²) in [5.41, 5.74) is 0.744. The van der Waals surface area contributed by atoms with Crippen molar-refractivity contribution < 1.29 is 13.2 Å². The summed E-state index contributed by atoms with van der Waals surface area (Å²) in [6.07, 6.45) is 4.38. The Labute approximate surface area is 176 Å². The number of hydrogen-bond acceptors (Lipinski definition) is 4. The lowest BCUT2D eigenvalue weighted by Gasteiger charge is -2.30. The third-order valence-electron chi connectivity index (χ3n) is 5.58. The number of carbonyl (C=O) groups excluding carboxylic acids is 1. The van der Waals surface area contributed by atoms with E-state index in [9.17, 15) is 13.2 Å². The van der Waals surface area contributed by atoms with E-state index in [1.165, 1.54) is 10.6 Å². The topological polar surface area (TPSA) is 84.3 Å². The van der Waals surface area contributed by atoms with Gasteiger partial charge in [-0.3, -0.25) is 4.79 Å². The minimum Gasteiger partial charge on any atom is -0.334 e. The lowest BCUT2D eigenvalue weighted by molar-refractivity contribution is -0.120. The summed E-state index contributed by atoms with van der Waals surface area (Å²) in [6.45, 7) is 4.49. The second-order valence-electron chi connectivity index (χ2n) is 7.97. The van der Waals surface area contributed by atoms with Gasteiger partial charge < -0.3 is 9.88 Å². The van der Waals surface area contributed by atoms with E-state index in [1.54, 1.807) is 10.8 Å². The van der Waals surface area contributed by atoms with Crippen LogP contribution in [0, 0.1) is 5.92 Å². The van der Waals surface area contributed by atoms with Crippen molar-refractivity contribution in [3.63, 3.8) is 0 Å². The summed E-state index contributed by atoms with van der Waals surface area (Å²) in [5, 5.41) is 5.05. The van der Waals surface area contributed by atoms with Gasteiger partial charge in [0.2, 0.25) is 5.91 Å². The maximum absolute atomic E-state index is 13.0. The lowest BCUT2D eigenvalue weighted by Crippen LogP contribution is -2.43. The Morgan fingerprint density at radius 2 is 1.93 bits per heavy atom. The summed E-state index contributed by atoms with van der Waals surface area (Å²) >= 11 is 0. The van der Waals surface area contributed by atoms with Crippen LogP contribution in [0.15, 0.2) is 60.0 Å². The SMILES string of the molecule is CC(C)n1cnc(S(=O)(=O)N2CCC[C@H](C(=O)Nc3cccc4ccccc34)C2)c1. The molecule has 7 nitrogen and oxygen atoms in total. The molecule has 2 heterocycles. The van der Waals surface area contributed by atoms with Crippen molar-refractivity contribution in [1.82, 2.24) is 13.9 Å². The number of carbonyl (C=O) groups is 1. The molecule has 8 heteroatoms. The molecule has 0 unspecified atom stereocenters. The van der Waals surface area contributed by atoms with Crippen molar-refractivity contribution in [2.45, 2.75) is 37.8 Å². The zero-order valence-corrected chi connectivity index (χ0v) is 18.0. The van der Waals surface area contributed by atoms with E-state index in [0.29, 0.717) is 19.4 Å². The maximum atomic E-state index is 13.0. The zero-order chi connectivity index (χ0) is 21.3. The highest BCUT2D eigenvalue weighted by Crippen LogP contribution is 2.27. The van der Waals surface area contributed by atoms with Crippen LogP contribution in [0.25, 0.3) is 10.8 Å². The van der Waals surface area contributed by atoms with Gasteiger partial charge >= 0.3 is 0 Å². The number of imidazole rings is 1. The number of aromatic nitrogens is 2. The third-order valence-corrected chi connectivity index (χ3v) is 7.33. The maximum Gasteiger partial charge on any atom is 0.262 e. The van der Waals surface area contributed by atoms with Gasteiger partial charge in [-0.05, 0) is 38.1 Å². The smallest absolute Gasteiger partial charge is 0.262 e. The molecular weight excluding hydrogens is 400 g/mol. The van der Waals surface area contributed by atoms with Crippen LogP contribution in [-0.2, 0) is 14.8 Å². The highest BCUT2D eigenvalue weighted by molar-refractivity contribution is 7.89. The highest BCUT2D eigenvalue weighted by Gasteiger charge is 2.34. The molecule has 1 N–H and O–H groups in total. The summed E-state index contributed by atoms with van der Waals surface area (Å²) in [7, 11) is -3.73. The first-order valence-electron chi connectivity index (χ1n) is 10.2. The fourth-order valence-electron chi connectivity index (χ4n) is 3.81. The van der Waals surface area contributed by atoms with E-state index >= 15 is 0 Å². The van der Waals surface area contributed by atoms with Crippen LogP contribution >= 0.6 is 0 Å². The number of sulfonamides is 1. The predicted octanol–water partition coefficient (Wildman–Crippen LogP) is 3.66. The quantitative estimate of drug-likeness (QED) is 0.675. The molecule has 30 heavy (non-hydrogen) atoms. The van der Waals surface area contributed by atoms with Gasteiger partial charge in [-0.2, -0.15) is 4.31 Å². The van der Waals surface area contributed by atoms with Crippen LogP contribution < -0.4 is 5.32 Å². The van der Waals surface area contributed by atoms with Gasteiger partial charge in [0.15, 0.2) is 5.03 Å². The standard InChI is InChI=1S/C22H26N4O3S/c1-16(2)25-14-21(23-15-25)30(28,29)26-12-6-9-18(13-26)22(27)24-20-11-5-8-17-7-3-4-10-19(17)20/h3-5,7-8,10-11,14-16,18H,6,9,12-13H2,1-2H3,(H,24,27)/t18-/m0/s1. The molecular formula is C22H26N4O3S. The van der Waals surface area contributed by atoms with E-state index in [2.05, 4.69) is 10.3 Å². The van der Waals surface area contributed by atoms with Gasteiger partial charge in [-0.1, -0.05) is 36.4 Å². The number of rotatable bonds is 5. The normalized spacial score (nSPS) is 18.0. The minimum absolute atomic E-state index is 0.0336. The van der Waals surface area contributed by atoms with Gasteiger partial charge in [0.25, 0.3) is 10.0 Å². The fourth-order valence-corrected chi connectivity index (χ4v) is 5.26. The van der Waals surface area contributed by atoms with E-state index in [0.717, 1.165) is 16.5 Å². The molecule has 0 bridgehead atoms. The zero-order valence-electron chi connectivity index (χ0n) is 17.2. The number of nitrogens with one attached hydrogen (secondary N) is 1. The van der Waals surface area contributed by atoms with Gasteiger partial charge in [-0.25, -0.2) is 13.4 Å². The van der Waals surface area contributed by atoms with Gasteiger partial charge in [0.05, 0.1) is 12.2 Å². The van der Waals surface area contributed by atoms with Gasteiger partial charge in [0, 0.05) is 36.4 Å². The summed E-state index contributed by atoms with van der Waals surface area (Å²) in [6, 6.07) is 13.8. The number of nitrogens with zero attached hydrogens (tertiary/aromatic N) is 3. The summed E-state index contributed by atoms with van der Waals surface area (Å²) in [5.74, 6) is -0.557. The first kappa shape index (κ1) is 20.6. The molecule has 1 amide bonds. The molecule has 1 aliphatic rings. The molecule has 158 valence electrons. The Kier molecular flexibility index (Phi) is 5.62. The fraction of sp³-hybridized carbons (Fsp3) is 0.364. The van der Waals surface area contributed by atoms with Gasteiger partial charge in [-0.15, -0.1) is 0 Å². The molecule has 0 aliphatic carbocycles. The molecule has 1 aliphatic heterocycles. The highest BCUT2D eigenvalue weighted by atomic mass is 32.2. The average Bonchev–Trinajstić information content (AvgIpc) is 3.26. The first-order valence-corrected chi connectivity index (χ1v) is 11.6. The Morgan fingerprint density at radius 3 is 2.70 bits per heavy atom. The summed E-state index contributed by atoms with van der Waals surface area (Å²) in [4.78, 5) is 17.1. The number of anilines is 1. The molecule has 3 aromatic rings. The van der Waals surface area contributed by atoms with Crippen LogP contribution in [0.4, 0.5) is 5.69 Å². The van der Waals surface area contributed by atoms with E-state index < -0.39 is 15.9 Å². The van der Waals surface area contributed by atoms with Crippen molar-refractivity contribution in [3.8, 4) is 0 Å². The monoisotopic (exact) mass is 426 g/mol. The van der Waals surface area contributed by atoms with Crippen molar-refractivity contribution in [2.75, 3.05) is 18.4 Å². The average molecular weight is 427 g/mol. The van der Waals surface area contributed by atoms with E-state index in [4.69, 9.17) is 0 Å². The Bertz CT molecular complexity index is 1160. The molecule has 0 saturated carbocycles. The van der Waals surface area contributed by atoms with E-state index in [-0.39, 0.29) is 23.5 Å². The van der Waals surface area contributed by atoms with Crippen LogP contribution in [0.3, 0.4) is 0 Å². The predicted molar refractivity (Wildman–Crippen MR) is 117 cm³/mol. The first-order chi connectivity index (χ1) is 14.4. The molecule has 1 aromatic heterocycles. The number of hydrogen-bond donors (Lipinski definition) is 1. The van der Waals surface area contributed by atoms with E-state index in [1.807, 2.05) is 56.3 Å². The van der Waals surface area contributed by atoms with Crippen molar-refractivity contribution in [2.24, 2.45) is 5.92 Å². The minimum atomic E-state index is -3.73. The number of benzene rings is 2. The van der Waals surface area contributed by atoms with Crippen molar-refractivity contribution in [3.05, 3.63) is 55.0 Å².